The molecule has 0 saturated carbocycles. The second-order valence-electron chi connectivity index (χ2n) is 28.4. The molecule has 0 aliphatic rings. The van der Waals surface area contributed by atoms with Crippen LogP contribution in [0.3, 0.4) is 0 Å². The van der Waals surface area contributed by atoms with Crippen molar-refractivity contribution in [2.45, 2.75) is 85.0 Å². The quantitative estimate of drug-likeness (QED) is 0.0413. The summed E-state index contributed by atoms with van der Waals surface area (Å²) in [5, 5.41) is 42.8. The van der Waals surface area contributed by atoms with E-state index in [0.717, 1.165) is 21.2 Å². The van der Waals surface area contributed by atoms with Crippen molar-refractivity contribution < 1.29 is 120 Å². The Hall–Kier alpha value is -13.7. The van der Waals surface area contributed by atoms with E-state index in [9.17, 15) is 81.9 Å². The number of ether oxygens (including phenoxy) is 8. The molecular weight excluding hydrogens is 1770 g/mol. The van der Waals surface area contributed by atoms with Crippen LogP contribution in [0, 0.1) is 18.6 Å². The molecule has 0 aliphatic carbocycles. The predicted octanol–water partition coefficient (Wildman–Crippen LogP) is 22.0. The number of benzene rings is 8. The highest BCUT2D eigenvalue weighted by Gasteiger charge is 2.36. The van der Waals surface area contributed by atoms with E-state index in [0.29, 0.717) is 159 Å². The third-order valence-corrected chi connectivity index (χ3v) is 20.7. The number of hydrogen-bond acceptors (Lipinski definition) is 16. The molecule has 0 unspecified atom stereocenters. The highest BCUT2D eigenvalue weighted by Crippen LogP contribution is 2.45. The van der Waals surface area contributed by atoms with Gasteiger partial charge in [-0.15, -0.1) is 52.7 Å². The number of aliphatic hydroxyl groups is 4. The minimum absolute atomic E-state index is 0.0716. The van der Waals surface area contributed by atoms with Gasteiger partial charge < -0.3 is 76.6 Å². The van der Waals surface area contributed by atoms with Gasteiger partial charge in [0.1, 0.15) is 34.6 Å². The topological polar surface area (TPSA) is 226 Å². The van der Waals surface area contributed by atoms with E-state index in [1.54, 1.807) is 107 Å². The summed E-state index contributed by atoms with van der Waals surface area (Å²) in [6.07, 6.45) is -13.2. The average Bonchev–Trinajstić information content (AvgIpc) is 1.62. The fraction of sp³-hybridized carbons (Fsp3) is 0.183. The van der Waals surface area contributed by atoms with Crippen LogP contribution in [0.2, 0.25) is 0 Å². The van der Waals surface area contributed by atoms with E-state index in [2.05, 4.69) is 54.8 Å². The summed E-state index contributed by atoms with van der Waals surface area (Å²) in [4.78, 5) is 16.8. The van der Waals surface area contributed by atoms with Crippen molar-refractivity contribution in [3.05, 3.63) is 310 Å². The lowest BCUT2D eigenvalue weighted by Crippen LogP contribution is -2.17. The number of aryl methyl sites for hydroxylation is 1. The van der Waals surface area contributed by atoms with Gasteiger partial charge in [-0.2, -0.15) is 0 Å². The van der Waals surface area contributed by atoms with Crippen molar-refractivity contribution in [3.8, 4) is 91.0 Å². The standard InChI is InChI=1S/C24H20F4N2O3.C23H18BrF3N2O3.C23H18F4N2O3.C23H19F3N2O3/c1-14-7-15(9-17(25)8-14)12-30-20-5-4-18(33-24(26,27)28)10-19(20)23(21(30)13-31)16-3-6-22(32-2)29-11-16;1-31-21-8-5-15(11-28-21)22-18-10-17(32-23(25,26)27)6-7-19(18)29(20(22)13-30)12-14-3-2-4-16(24)9-14;1-31-21-9-6-14(11-28-21)22-17-10-16(32-23(25,26)27)7-8-19(17)29(20(22)13-30)12-15-4-2-3-5-18(15)24;1-30-21-10-7-16(12-27-21)22-18-11-17(31-23(24,25)26)8-9-19(18)28(20(22)14-29)13-15-5-3-2-4-6-15/h3-11,31H,12-13H2,1-2H3;2*2-11,30H,12-13H2,1H3;2-12,29H,13-14H2,1H3. The SMILES string of the molecule is COc1ccc(-c2c(CO)n(Cc3cc(C)cc(F)c3)c3ccc(OC(F)(F)F)cc23)cn1.COc1ccc(-c2c(CO)n(Cc3cccc(Br)c3)c3ccc(OC(F)(F)F)cc23)cn1.COc1ccc(-c2c(CO)n(Cc3ccccc3)c3ccc(OC(F)(F)F)cc23)cn1.COc1ccc(-c2c(CO)n(Cc3ccccc3F)c3ccc(OC(F)(F)F)cc23)cn1. The van der Waals surface area contributed by atoms with E-state index >= 15 is 0 Å². The first kappa shape index (κ1) is 91.9. The van der Waals surface area contributed by atoms with E-state index in [4.69, 9.17) is 18.9 Å². The molecule has 0 saturated heterocycles. The van der Waals surface area contributed by atoms with Gasteiger partial charge in [-0.3, -0.25) is 0 Å². The lowest BCUT2D eigenvalue weighted by molar-refractivity contribution is -0.275. The fourth-order valence-electron chi connectivity index (χ4n) is 15.1. The first-order chi connectivity index (χ1) is 61.2. The van der Waals surface area contributed by atoms with Crippen molar-refractivity contribution in [2.75, 3.05) is 28.4 Å². The molecule has 8 aromatic carbocycles. The minimum atomic E-state index is -4.86. The minimum Gasteiger partial charge on any atom is -0.481 e. The smallest absolute Gasteiger partial charge is 0.481 e. The van der Waals surface area contributed by atoms with Crippen LogP contribution < -0.4 is 37.9 Å². The van der Waals surface area contributed by atoms with Crippen LogP contribution in [0.25, 0.3) is 88.1 Å². The van der Waals surface area contributed by atoms with Gasteiger partial charge >= 0.3 is 25.4 Å². The summed E-state index contributed by atoms with van der Waals surface area (Å²) in [6, 6.07) is 57.7. The number of aliphatic hydroxyl groups excluding tert-OH is 4. The Morgan fingerprint density at radius 2 is 0.633 bits per heavy atom. The van der Waals surface area contributed by atoms with Gasteiger partial charge in [-0.25, -0.2) is 28.7 Å². The van der Waals surface area contributed by atoms with Crippen molar-refractivity contribution in [3.63, 3.8) is 0 Å². The van der Waals surface area contributed by atoms with Crippen molar-refractivity contribution in [2.24, 2.45) is 0 Å². The Morgan fingerprint density at radius 3 is 0.930 bits per heavy atom. The summed E-state index contributed by atoms with van der Waals surface area (Å²) < 4.78 is 227. The zero-order valence-electron chi connectivity index (χ0n) is 68.1. The van der Waals surface area contributed by atoms with Crippen LogP contribution in [0.15, 0.2) is 248 Å². The average molecular weight is 1840 g/mol. The lowest BCUT2D eigenvalue weighted by atomic mass is 10.0. The Morgan fingerprint density at radius 1 is 0.320 bits per heavy atom. The van der Waals surface area contributed by atoms with Gasteiger partial charge in [-0.1, -0.05) is 82.7 Å². The van der Waals surface area contributed by atoms with Crippen molar-refractivity contribution in [1.29, 1.82) is 0 Å². The summed E-state index contributed by atoms with van der Waals surface area (Å²) in [5.74, 6) is -0.751. The molecule has 8 heterocycles. The maximum atomic E-state index is 14.3. The molecule has 664 valence electrons. The largest absolute Gasteiger partial charge is 0.573 e. The highest BCUT2D eigenvalue weighted by atomic mass is 79.9. The van der Waals surface area contributed by atoms with Gasteiger partial charge in [-0.05, 0) is 157 Å². The van der Waals surface area contributed by atoms with Crippen LogP contribution >= 0.6 is 15.9 Å². The summed E-state index contributed by atoms with van der Waals surface area (Å²) in [7, 11) is 5.91. The maximum absolute atomic E-state index is 14.3. The first-order valence-electron chi connectivity index (χ1n) is 38.5. The van der Waals surface area contributed by atoms with Crippen molar-refractivity contribution >= 4 is 59.5 Å². The Labute approximate surface area is 728 Å². The van der Waals surface area contributed by atoms with Crippen LogP contribution in [-0.4, -0.2) is 113 Å². The number of aromatic nitrogens is 8. The number of hydrogen-bond donors (Lipinski definition) is 4. The molecule has 16 rings (SSSR count). The number of nitrogens with zero attached hydrogens (tertiary/aromatic N) is 8. The van der Waals surface area contributed by atoms with Crippen LogP contribution in [-0.2, 0) is 52.6 Å². The predicted molar refractivity (Wildman–Crippen MR) is 452 cm³/mol. The Kier molecular flexibility index (Phi) is 28.3. The van der Waals surface area contributed by atoms with E-state index < -0.39 is 56.0 Å². The lowest BCUT2D eigenvalue weighted by Gasteiger charge is -2.12. The third-order valence-electron chi connectivity index (χ3n) is 20.2. The van der Waals surface area contributed by atoms with Gasteiger partial charge in [0.25, 0.3) is 0 Å². The van der Waals surface area contributed by atoms with Gasteiger partial charge in [0.15, 0.2) is 0 Å². The molecule has 16 aromatic rings. The molecule has 128 heavy (non-hydrogen) atoms. The van der Waals surface area contributed by atoms with Gasteiger partial charge in [0.2, 0.25) is 23.5 Å². The highest BCUT2D eigenvalue weighted by molar-refractivity contribution is 9.10. The normalized spacial score (nSPS) is 11.7. The third kappa shape index (κ3) is 22.0. The molecule has 0 fully saturated rings. The number of alkyl halides is 12. The molecular formula is C93H75BrF14N8O12. The molecule has 0 radical (unpaired) electrons. The summed E-state index contributed by atoms with van der Waals surface area (Å²) in [5.41, 5.74) is 12.6. The molecule has 4 N–H and O–H groups in total. The fourth-order valence-corrected chi connectivity index (χ4v) is 15.5. The van der Waals surface area contributed by atoms with Crippen molar-refractivity contribution in [1.82, 2.24) is 38.2 Å². The molecule has 0 aliphatic heterocycles. The van der Waals surface area contributed by atoms with Gasteiger partial charge in [0, 0.05) is 167 Å². The monoisotopic (exact) mass is 1840 g/mol. The molecule has 0 amide bonds. The molecule has 0 bridgehead atoms. The molecule has 0 atom stereocenters. The van der Waals surface area contributed by atoms with E-state index in [-0.39, 0.29) is 43.6 Å². The zero-order chi connectivity index (χ0) is 91.5. The number of halogens is 15. The van der Waals surface area contributed by atoms with Crippen LogP contribution in [0.5, 0.6) is 46.5 Å². The molecule has 20 nitrogen and oxygen atoms in total. The van der Waals surface area contributed by atoms with Crippen LogP contribution in [0.4, 0.5) is 61.5 Å². The van der Waals surface area contributed by atoms with E-state index in [1.165, 1.54) is 120 Å². The number of fused-ring (bicyclic) bond motifs is 4. The first-order valence-corrected chi connectivity index (χ1v) is 39.3. The number of rotatable bonds is 24. The summed E-state index contributed by atoms with van der Waals surface area (Å²) in [6.45, 7) is 1.43. The second kappa shape index (κ2) is 39.4. The molecule has 35 heteroatoms. The number of methoxy groups -OCH3 is 4. The maximum Gasteiger partial charge on any atom is 0.573 e. The molecule has 8 aromatic heterocycles. The molecule has 0 spiro atoms. The Balaban J connectivity index is 0.000000146. The number of pyridine rings is 4. The zero-order valence-corrected chi connectivity index (χ0v) is 69.6. The Bertz CT molecular complexity index is 6550. The van der Waals surface area contributed by atoms with Crippen LogP contribution in [0.1, 0.15) is 50.6 Å². The van der Waals surface area contributed by atoms with E-state index in [1.807, 2.05) is 69.8 Å². The summed E-state index contributed by atoms with van der Waals surface area (Å²) >= 11 is 3.45. The second-order valence-corrected chi connectivity index (χ2v) is 29.3. The van der Waals surface area contributed by atoms with Gasteiger partial charge in [0.05, 0.1) is 84.2 Å².